The lowest BCUT2D eigenvalue weighted by Gasteiger charge is -2.18. The van der Waals surface area contributed by atoms with Crippen LogP contribution in [0.15, 0.2) is 60.8 Å². The molecule has 0 spiro atoms. The number of carbonyl (C=O) groups is 1. The van der Waals surface area contributed by atoms with E-state index in [1.54, 1.807) is 0 Å². The average Bonchev–Trinajstić information content (AvgIpc) is 3.24. The number of nitrogens with zero attached hydrogens (tertiary/aromatic N) is 2. The van der Waals surface area contributed by atoms with Crippen molar-refractivity contribution in [3.63, 3.8) is 0 Å². The molecule has 1 aromatic heterocycles. The van der Waals surface area contributed by atoms with Gasteiger partial charge < -0.3 is 9.47 Å². The minimum atomic E-state index is 0.299. The van der Waals surface area contributed by atoms with Gasteiger partial charge >= 0.3 is 0 Å². The van der Waals surface area contributed by atoms with E-state index >= 15 is 0 Å². The summed E-state index contributed by atoms with van der Waals surface area (Å²) in [6.07, 6.45) is 2.92. The molecular formula is C27H30N2O3. The summed E-state index contributed by atoms with van der Waals surface area (Å²) in [5.74, 6) is 2.71. The maximum absolute atomic E-state index is 11.2. The van der Waals surface area contributed by atoms with E-state index in [1.807, 2.05) is 49.5 Å². The molecular weight excluding hydrogens is 400 g/mol. The Labute approximate surface area is 190 Å². The van der Waals surface area contributed by atoms with E-state index in [0.29, 0.717) is 29.8 Å². The molecule has 1 saturated heterocycles. The Morgan fingerprint density at radius 3 is 2.72 bits per heavy atom. The summed E-state index contributed by atoms with van der Waals surface area (Å²) < 4.78 is 11.6. The third-order valence-electron chi connectivity index (χ3n) is 6.00. The predicted molar refractivity (Wildman–Crippen MR) is 125 cm³/mol. The Morgan fingerprint density at radius 2 is 1.97 bits per heavy atom. The summed E-state index contributed by atoms with van der Waals surface area (Å²) in [6, 6.07) is 18.0. The summed E-state index contributed by atoms with van der Waals surface area (Å²) >= 11 is 0. The zero-order valence-electron chi connectivity index (χ0n) is 19.0. The molecule has 0 bridgehead atoms. The molecule has 0 radical (unpaired) electrons. The predicted octanol–water partition coefficient (Wildman–Crippen LogP) is 5.83. The summed E-state index contributed by atoms with van der Waals surface area (Å²) in [5, 5.41) is 0. The van der Waals surface area contributed by atoms with Crippen LogP contribution in [0.25, 0.3) is 0 Å². The maximum atomic E-state index is 11.2. The minimum Gasteiger partial charge on any atom is -0.457 e. The summed E-state index contributed by atoms with van der Waals surface area (Å²) in [7, 11) is 0. The molecule has 0 aliphatic carbocycles. The van der Waals surface area contributed by atoms with E-state index in [9.17, 15) is 4.79 Å². The number of hydrogen-bond acceptors (Lipinski definition) is 5. The molecule has 5 nitrogen and oxygen atoms in total. The largest absolute Gasteiger partial charge is 0.457 e. The molecule has 0 N–H and O–H groups in total. The first-order valence-electron chi connectivity index (χ1n) is 11.2. The fourth-order valence-corrected chi connectivity index (χ4v) is 4.30. The molecule has 0 amide bonds. The van der Waals surface area contributed by atoms with Crippen LogP contribution in [0.4, 0.5) is 0 Å². The Hall–Kier alpha value is -3.18. The fraction of sp³-hybridized carbons (Fsp3) is 0.333. The number of ether oxygens (including phenoxy) is 2. The molecule has 1 unspecified atom stereocenters. The van der Waals surface area contributed by atoms with Gasteiger partial charge in [-0.1, -0.05) is 44.2 Å². The van der Waals surface area contributed by atoms with Gasteiger partial charge in [0.1, 0.15) is 17.2 Å². The van der Waals surface area contributed by atoms with Crippen molar-refractivity contribution >= 4 is 6.47 Å². The molecule has 166 valence electrons. The van der Waals surface area contributed by atoms with E-state index in [-0.39, 0.29) is 0 Å². The first-order valence-corrected chi connectivity index (χ1v) is 11.2. The normalized spacial score (nSPS) is 16.3. The van der Waals surface area contributed by atoms with Crippen molar-refractivity contribution < 1.29 is 14.3 Å². The highest BCUT2D eigenvalue weighted by molar-refractivity contribution is 5.52. The second-order valence-corrected chi connectivity index (χ2v) is 8.76. The number of para-hydroxylation sites is 1. The van der Waals surface area contributed by atoms with Gasteiger partial charge in [0, 0.05) is 31.3 Å². The standard InChI is InChI=1S/C27H30N2O3/c1-19(2)24-6-4-5-7-26(24)32-23-10-11-25(27(14-23)31-18-30)21-12-13-29(16-21)17-22-9-8-20(3)15-28-22/h4-11,14-15,18-19,21H,12-13,16-17H2,1-3H3. The Morgan fingerprint density at radius 1 is 1.12 bits per heavy atom. The summed E-state index contributed by atoms with van der Waals surface area (Å²) in [5.41, 5.74) is 4.43. The summed E-state index contributed by atoms with van der Waals surface area (Å²) in [6.45, 7) is 9.55. The smallest absolute Gasteiger partial charge is 0.298 e. The highest BCUT2D eigenvalue weighted by atomic mass is 16.5. The van der Waals surface area contributed by atoms with Gasteiger partial charge in [-0.2, -0.15) is 0 Å². The number of likely N-dealkylation sites (tertiary alicyclic amines) is 1. The Kier molecular flexibility index (Phi) is 6.86. The monoisotopic (exact) mass is 430 g/mol. The van der Waals surface area contributed by atoms with Gasteiger partial charge in [0.15, 0.2) is 0 Å². The number of aromatic nitrogens is 1. The molecule has 2 aromatic carbocycles. The lowest BCUT2D eigenvalue weighted by molar-refractivity contribution is -0.120. The van der Waals surface area contributed by atoms with Gasteiger partial charge in [0.2, 0.25) is 0 Å². The van der Waals surface area contributed by atoms with Gasteiger partial charge in [-0.3, -0.25) is 14.7 Å². The van der Waals surface area contributed by atoms with Crippen molar-refractivity contribution in [3.8, 4) is 17.2 Å². The van der Waals surface area contributed by atoms with Crippen molar-refractivity contribution in [2.45, 2.75) is 45.6 Å². The van der Waals surface area contributed by atoms with Gasteiger partial charge in [0.25, 0.3) is 6.47 Å². The quantitative estimate of drug-likeness (QED) is 0.421. The number of rotatable bonds is 8. The highest BCUT2D eigenvalue weighted by Crippen LogP contribution is 2.38. The molecule has 5 heteroatoms. The number of carbonyl (C=O) groups excluding carboxylic acids is 1. The molecule has 3 aromatic rings. The third-order valence-corrected chi connectivity index (χ3v) is 6.00. The van der Waals surface area contributed by atoms with Crippen molar-refractivity contribution in [1.82, 2.24) is 9.88 Å². The Balaban J connectivity index is 1.50. The number of pyridine rings is 1. The molecule has 0 saturated carbocycles. The van der Waals surface area contributed by atoms with Crippen molar-refractivity contribution in [2.24, 2.45) is 0 Å². The van der Waals surface area contributed by atoms with E-state index < -0.39 is 0 Å². The number of aryl methyl sites for hydroxylation is 1. The highest BCUT2D eigenvalue weighted by Gasteiger charge is 2.27. The van der Waals surface area contributed by atoms with Crippen LogP contribution in [-0.4, -0.2) is 29.4 Å². The molecule has 32 heavy (non-hydrogen) atoms. The van der Waals surface area contributed by atoms with E-state index in [4.69, 9.17) is 9.47 Å². The molecule has 1 fully saturated rings. The van der Waals surface area contributed by atoms with Gasteiger partial charge in [-0.25, -0.2) is 0 Å². The third kappa shape index (κ3) is 5.17. The average molecular weight is 431 g/mol. The zero-order chi connectivity index (χ0) is 22.5. The molecule has 1 atom stereocenters. The number of hydrogen-bond donors (Lipinski definition) is 0. The van der Waals surface area contributed by atoms with Crippen LogP contribution >= 0.6 is 0 Å². The lowest BCUT2D eigenvalue weighted by atomic mass is 9.97. The second kappa shape index (κ2) is 9.96. The molecule has 2 heterocycles. The van der Waals surface area contributed by atoms with Gasteiger partial charge in [0.05, 0.1) is 5.69 Å². The molecule has 1 aliphatic heterocycles. The SMILES string of the molecule is Cc1ccc(CN2CCC(c3ccc(Oc4ccccc4C(C)C)cc3OC=O)C2)nc1. The van der Waals surface area contributed by atoms with Crippen LogP contribution in [0.2, 0.25) is 0 Å². The van der Waals surface area contributed by atoms with Crippen LogP contribution < -0.4 is 9.47 Å². The van der Waals surface area contributed by atoms with E-state index in [2.05, 4.69) is 41.9 Å². The second-order valence-electron chi connectivity index (χ2n) is 8.76. The van der Waals surface area contributed by atoms with E-state index in [0.717, 1.165) is 48.6 Å². The maximum Gasteiger partial charge on any atom is 0.298 e. The topological polar surface area (TPSA) is 51.7 Å². The number of benzene rings is 2. The molecule has 4 rings (SSSR count). The van der Waals surface area contributed by atoms with Crippen molar-refractivity contribution in [1.29, 1.82) is 0 Å². The van der Waals surface area contributed by atoms with Crippen LogP contribution in [0, 0.1) is 6.92 Å². The van der Waals surface area contributed by atoms with Crippen LogP contribution in [0.1, 0.15) is 54.5 Å². The van der Waals surface area contributed by atoms with Crippen LogP contribution in [0.3, 0.4) is 0 Å². The lowest BCUT2D eigenvalue weighted by Crippen LogP contribution is -2.20. The Bertz CT molecular complexity index is 1060. The van der Waals surface area contributed by atoms with Crippen LogP contribution in [-0.2, 0) is 11.3 Å². The van der Waals surface area contributed by atoms with E-state index in [1.165, 1.54) is 5.56 Å². The minimum absolute atomic E-state index is 0.299. The van der Waals surface area contributed by atoms with Gasteiger partial charge in [-0.15, -0.1) is 0 Å². The first kappa shape index (κ1) is 22.0. The fourth-order valence-electron chi connectivity index (χ4n) is 4.30. The van der Waals surface area contributed by atoms with Crippen molar-refractivity contribution in [2.75, 3.05) is 13.1 Å². The van der Waals surface area contributed by atoms with Crippen molar-refractivity contribution in [3.05, 3.63) is 83.2 Å². The van der Waals surface area contributed by atoms with Gasteiger partial charge in [-0.05, 0) is 60.7 Å². The summed E-state index contributed by atoms with van der Waals surface area (Å²) in [4.78, 5) is 18.1. The first-order chi connectivity index (χ1) is 15.5. The zero-order valence-corrected chi connectivity index (χ0v) is 19.0. The van der Waals surface area contributed by atoms with Crippen LogP contribution in [0.5, 0.6) is 17.2 Å². The molecule has 1 aliphatic rings.